The lowest BCUT2D eigenvalue weighted by atomic mass is 9.76. The number of nitro groups is 2. The van der Waals surface area contributed by atoms with Crippen LogP contribution in [0, 0.1) is 20.2 Å². The van der Waals surface area contributed by atoms with Crippen molar-refractivity contribution in [3.63, 3.8) is 0 Å². The van der Waals surface area contributed by atoms with Crippen molar-refractivity contribution in [1.29, 1.82) is 0 Å². The third-order valence-electron chi connectivity index (χ3n) is 13.1. The summed E-state index contributed by atoms with van der Waals surface area (Å²) in [6.45, 7) is 9.48. The Kier molecular flexibility index (Phi) is 9.20. The van der Waals surface area contributed by atoms with Crippen LogP contribution in [0.15, 0.2) is 97.1 Å². The van der Waals surface area contributed by atoms with Gasteiger partial charge in [-0.1, -0.05) is 60.7 Å². The van der Waals surface area contributed by atoms with E-state index in [1.807, 2.05) is 48.6 Å². The first kappa shape index (κ1) is 40.2. The van der Waals surface area contributed by atoms with Gasteiger partial charge in [0.1, 0.15) is 0 Å². The molecule has 0 amide bonds. The van der Waals surface area contributed by atoms with E-state index >= 15 is 0 Å². The number of anilines is 2. The van der Waals surface area contributed by atoms with Crippen molar-refractivity contribution < 1.29 is 38.3 Å². The zero-order valence-electron chi connectivity index (χ0n) is 35.7. The Hall–Kier alpha value is -7.22. The first-order valence-corrected chi connectivity index (χ1v) is 20.1. The van der Waals surface area contributed by atoms with Gasteiger partial charge in [0.05, 0.1) is 49.1 Å². The standard InChI is InChI=1S/C48H46N4O10/c1-45(2)33-13-9-11-15-35(33)49(47(45)23-21-31-25-37(51(53)54)41(57-5)43(59-7)39(31)61-47)27-29-17-19-30(20-18-29)28-50-36-16-12-10-14-34(36)46(3,4)48(50)24-22-32-26-38(52(55)56)42(58-6)44(60-8)40(32)62-48/h9-26H,27-28H2,1-8H3. The number of methoxy groups -OCH3 is 4. The molecular formula is C48H46N4O10. The van der Waals surface area contributed by atoms with Crippen molar-refractivity contribution in [2.75, 3.05) is 38.2 Å². The molecule has 0 radical (unpaired) electrons. The first-order chi connectivity index (χ1) is 29.7. The number of para-hydroxylation sites is 2. The van der Waals surface area contributed by atoms with Gasteiger partial charge < -0.3 is 38.2 Å². The summed E-state index contributed by atoms with van der Waals surface area (Å²) >= 11 is 0. The quantitative estimate of drug-likeness (QED) is 0.0974. The van der Waals surface area contributed by atoms with Crippen LogP contribution >= 0.6 is 0 Å². The molecule has 0 saturated carbocycles. The van der Waals surface area contributed by atoms with Crippen LogP contribution in [0.4, 0.5) is 22.7 Å². The van der Waals surface area contributed by atoms with Crippen molar-refractivity contribution in [1.82, 2.24) is 0 Å². The van der Waals surface area contributed by atoms with E-state index in [1.165, 1.54) is 40.6 Å². The highest BCUT2D eigenvalue weighted by Gasteiger charge is 2.61. The van der Waals surface area contributed by atoms with E-state index in [-0.39, 0.29) is 34.4 Å². The third-order valence-corrected chi connectivity index (χ3v) is 13.1. The lowest BCUT2D eigenvalue weighted by Gasteiger charge is -2.47. The average molecular weight is 839 g/mol. The molecular weight excluding hydrogens is 793 g/mol. The molecule has 5 aromatic carbocycles. The average Bonchev–Trinajstić information content (AvgIpc) is 3.55. The Morgan fingerprint density at radius 3 is 1.24 bits per heavy atom. The van der Waals surface area contributed by atoms with E-state index in [0.29, 0.717) is 35.7 Å². The topological polar surface area (TPSA) is 148 Å². The summed E-state index contributed by atoms with van der Waals surface area (Å²) in [5.74, 6) is 1.00. The highest BCUT2D eigenvalue weighted by Crippen LogP contribution is 2.60. The fourth-order valence-corrected chi connectivity index (χ4v) is 9.91. The lowest BCUT2D eigenvalue weighted by Crippen LogP contribution is -2.59. The van der Waals surface area contributed by atoms with Crippen LogP contribution in [0.25, 0.3) is 12.2 Å². The van der Waals surface area contributed by atoms with E-state index in [1.54, 1.807) is 0 Å². The highest BCUT2D eigenvalue weighted by atomic mass is 16.6. The molecule has 2 spiro atoms. The molecule has 14 nitrogen and oxygen atoms in total. The van der Waals surface area contributed by atoms with Gasteiger partial charge in [-0.05, 0) is 86.4 Å². The van der Waals surface area contributed by atoms with Gasteiger partial charge in [-0.15, -0.1) is 0 Å². The number of nitro benzene ring substituents is 2. The molecule has 4 aliphatic heterocycles. The zero-order valence-corrected chi connectivity index (χ0v) is 35.7. The molecule has 0 aliphatic carbocycles. The summed E-state index contributed by atoms with van der Waals surface area (Å²) in [5.41, 5.74) is 3.52. The minimum atomic E-state index is -1.06. The van der Waals surface area contributed by atoms with Crippen molar-refractivity contribution in [2.24, 2.45) is 0 Å². The molecule has 4 heterocycles. The fourth-order valence-electron chi connectivity index (χ4n) is 9.91. The van der Waals surface area contributed by atoms with Gasteiger partial charge >= 0.3 is 11.4 Å². The fraction of sp³-hybridized carbons (Fsp3) is 0.292. The van der Waals surface area contributed by atoms with Gasteiger partial charge in [0.15, 0.2) is 11.5 Å². The molecule has 0 bridgehead atoms. The zero-order chi connectivity index (χ0) is 43.9. The van der Waals surface area contributed by atoms with Crippen LogP contribution < -0.4 is 38.2 Å². The van der Waals surface area contributed by atoms with Crippen LogP contribution in [-0.2, 0) is 23.9 Å². The number of benzene rings is 5. The smallest absolute Gasteiger partial charge is 0.315 e. The van der Waals surface area contributed by atoms with Crippen molar-refractivity contribution in [2.45, 2.75) is 63.1 Å². The van der Waals surface area contributed by atoms with E-state index in [9.17, 15) is 20.2 Å². The van der Waals surface area contributed by atoms with Crippen molar-refractivity contribution in [3.05, 3.63) is 151 Å². The number of fused-ring (bicyclic) bond motifs is 4. The summed E-state index contributed by atoms with van der Waals surface area (Å²) in [6, 6.07) is 27.8. The molecule has 0 N–H and O–H groups in total. The second-order valence-corrected chi connectivity index (χ2v) is 16.8. The van der Waals surface area contributed by atoms with Crippen LogP contribution in [-0.4, -0.2) is 49.7 Å². The maximum Gasteiger partial charge on any atom is 0.315 e. The molecule has 0 saturated heterocycles. The molecule has 318 valence electrons. The molecule has 14 heteroatoms. The van der Waals surface area contributed by atoms with Gasteiger partial charge in [-0.2, -0.15) is 0 Å². The lowest BCUT2D eigenvalue weighted by molar-refractivity contribution is -0.386. The second-order valence-electron chi connectivity index (χ2n) is 16.8. The minimum Gasteiger partial charge on any atom is -0.490 e. The summed E-state index contributed by atoms with van der Waals surface area (Å²) < 4.78 is 36.8. The molecule has 62 heavy (non-hydrogen) atoms. The van der Waals surface area contributed by atoms with Crippen LogP contribution in [0.5, 0.6) is 34.5 Å². The predicted octanol–water partition coefficient (Wildman–Crippen LogP) is 9.74. The highest BCUT2D eigenvalue weighted by molar-refractivity contribution is 5.80. The number of nitrogens with zero attached hydrogens (tertiary/aromatic N) is 4. The Morgan fingerprint density at radius 1 is 0.548 bits per heavy atom. The molecule has 5 aromatic rings. The first-order valence-electron chi connectivity index (χ1n) is 20.1. The maximum absolute atomic E-state index is 12.1. The summed E-state index contributed by atoms with van der Waals surface area (Å²) in [6.07, 6.45) is 7.72. The Morgan fingerprint density at radius 2 is 0.903 bits per heavy atom. The van der Waals surface area contributed by atoms with E-state index in [4.69, 9.17) is 28.4 Å². The van der Waals surface area contributed by atoms with Crippen LogP contribution in [0.3, 0.4) is 0 Å². The number of hydrogen-bond acceptors (Lipinski definition) is 12. The van der Waals surface area contributed by atoms with Gasteiger partial charge in [0, 0.05) is 47.7 Å². The van der Waals surface area contributed by atoms with Crippen LogP contribution in [0.2, 0.25) is 0 Å². The van der Waals surface area contributed by atoms with E-state index in [0.717, 1.165) is 33.6 Å². The molecule has 4 aliphatic rings. The van der Waals surface area contributed by atoms with Gasteiger partial charge in [0.25, 0.3) is 0 Å². The predicted molar refractivity (Wildman–Crippen MR) is 235 cm³/mol. The summed E-state index contributed by atoms with van der Waals surface area (Å²) in [4.78, 5) is 27.6. The van der Waals surface area contributed by atoms with Gasteiger partial charge in [0.2, 0.25) is 34.4 Å². The molecule has 0 aromatic heterocycles. The Bertz CT molecular complexity index is 2560. The Balaban J connectivity index is 1.08. The number of rotatable bonds is 10. The van der Waals surface area contributed by atoms with Gasteiger partial charge in [-0.25, -0.2) is 0 Å². The summed E-state index contributed by atoms with van der Waals surface area (Å²) in [7, 11) is 5.65. The number of hydrogen-bond donors (Lipinski definition) is 0. The van der Waals surface area contributed by atoms with Gasteiger partial charge in [-0.3, -0.25) is 20.2 Å². The molecule has 0 fully saturated rings. The van der Waals surface area contributed by atoms with E-state index in [2.05, 4.69) is 86.0 Å². The molecule has 2 unspecified atom stereocenters. The monoisotopic (exact) mass is 838 g/mol. The third kappa shape index (κ3) is 5.47. The van der Waals surface area contributed by atoms with Crippen molar-refractivity contribution in [3.8, 4) is 34.5 Å². The normalized spacial score (nSPS) is 20.5. The molecule has 9 rings (SSSR count). The summed E-state index contributed by atoms with van der Waals surface area (Å²) in [5, 5.41) is 24.1. The minimum absolute atomic E-state index is 0.0101. The second kappa shape index (κ2) is 14.2. The molecule has 2 atom stereocenters. The Labute approximate surface area is 358 Å². The maximum atomic E-state index is 12.1. The van der Waals surface area contributed by atoms with Crippen LogP contribution in [0.1, 0.15) is 61.1 Å². The largest absolute Gasteiger partial charge is 0.490 e. The van der Waals surface area contributed by atoms with Crippen molar-refractivity contribution >= 4 is 34.9 Å². The van der Waals surface area contributed by atoms with E-state index < -0.39 is 32.1 Å². The SMILES string of the molecule is COc1c([N+](=O)[O-])cc2c(c1OC)OC1(C=C2)N(Cc2ccc(CN3c4ccccc4C(C)(C)C34C=Cc3cc([N+](=O)[O-])c(OC)c(OC)c3O4)cc2)c2ccccc2C1(C)C. The number of ether oxygens (including phenoxy) is 6.